The van der Waals surface area contributed by atoms with Crippen LogP contribution in [0.15, 0.2) is 71.4 Å². The monoisotopic (exact) mass is 405 g/mol. The fourth-order valence-corrected chi connectivity index (χ4v) is 3.01. The highest BCUT2D eigenvalue weighted by Crippen LogP contribution is 2.26. The molecule has 0 aliphatic rings. The molecular weight excluding hydrogens is 385 g/mol. The number of anilines is 1. The number of nitrogen functional groups attached to an aromatic ring is 1. The van der Waals surface area contributed by atoms with Crippen LogP contribution in [0, 0.1) is 5.82 Å². The van der Waals surface area contributed by atoms with Crippen molar-refractivity contribution in [3.63, 3.8) is 0 Å². The van der Waals surface area contributed by atoms with E-state index < -0.39 is 5.82 Å². The van der Waals surface area contributed by atoms with Gasteiger partial charge in [-0.05, 0) is 47.5 Å². The molecule has 0 spiro atoms. The normalized spacial score (nSPS) is 10.7. The van der Waals surface area contributed by atoms with Crippen LogP contribution < -0.4 is 15.2 Å². The largest absolute Gasteiger partial charge is 0.497 e. The van der Waals surface area contributed by atoms with Crippen molar-refractivity contribution >= 4 is 5.82 Å². The van der Waals surface area contributed by atoms with Crippen LogP contribution in [0.2, 0.25) is 0 Å². The van der Waals surface area contributed by atoms with Gasteiger partial charge in [-0.1, -0.05) is 23.4 Å². The second-order valence-corrected chi connectivity index (χ2v) is 6.70. The quantitative estimate of drug-likeness (QED) is 0.482. The molecule has 2 N–H and O–H groups in total. The lowest BCUT2D eigenvalue weighted by molar-refractivity contribution is 0.290. The number of nitrogens with two attached hydrogens (primary N) is 1. The van der Waals surface area contributed by atoms with Crippen LogP contribution in [-0.2, 0) is 13.0 Å². The third-order valence-electron chi connectivity index (χ3n) is 4.60. The third-order valence-corrected chi connectivity index (χ3v) is 4.60. The third kappa shape index (κ3) is 4.41. The lowest BCUT2D eigenvalue weighted by atomic mass is 10.1. The predicted octanol–water partition coefficient (Wildman–Crippen LogP) is 4.64. The van der Waals surface area contributed by atoms with E-state index >= 15 is 0 Å². The molecule has 0 bridgehead atoms. The molecule has 4 aromatic rings. The minimum Gasteiger partial charge on any atom is -0.497 e. The SMILES string of the molecule is COc1ccc(COc2ccc(Cc3cc(-c4cccnc4N)on3)cc2F)cc1. The molecule has 0 amide bonds. The van der Waals surface area contributed by atoms with Gasteiger partial charge in [0, 0.05) is 18.7 Å². The lowest BCUT2D eigenvalue weighted by Gasteiger charge is -2.09. The highest BCUT2D eigenvalue weighted by atomic mass is 19.1. The zero-order valence-electron chi connectivity index (χ0n) is 16.3. The van der Waals surface area contributed by atoms with Gasteiger partial charge in [-0.15, -0.1) is 0 Å². The van der Waals surface area contributed by atoms with E-state index in [0.29, 0.717) is 29.3 Å². The summed E-state index contributed by atoms with van der Waals surface area (Å²) in [6.45, 7) is 0.263. The Hall–Kier alpha value is -3.87. The smallest absolute Gasteiger partial charge is 0.170 e. The molecule has 7 heteroatoms. The molecule has 2 heterocycles. The maximum Gasteiger partial charge on any atom is 0.170 e. The summed E-state index contributed by atoms with van der Waals surface area (Å²) in [5.41, 5.74) is 8.88. The van der Waals surface area contributed by atoms with Crippen molar-refractivity contribution in [2.24, 2.45) is 0 Å². The molecule has 30 heavy (non-hydrogen) atoms. The van der Waals surface area contributed by atoms with E-state index in [1.807, 2.05) is 24.3 Å². The average molecular weight is 405 g/mol. The number of hydrogen-bond donors (Lipinski definition) is 1. The van der Waals surface area contributed by atoms with Gasteiger partial charge in [-0.25, -0.2) is 9.37 Å². The minimum atomic E-state index is -0.429. The molecule has 2 aromatic carbocycles. The number of halogens is 1. The summed E-state index contributed by atoms with van der Waals surface area (Å²) in [5.74, 6) is 1.41. The van der Waals surface area contributed by atoms with Gasteiger partial charge in [-0.2, -0.15) is 0 Å². The maximum atomic E-state index is 14.5. The molecule has 152 valence electrons. The molecule has 0 radical (unpaired) electrons. The van der Waals surface area contributed by atoms with Gasteiger partial charge < -0.3 is 19.7 Å². The second kappa shape index (κ2) is 8.65. The Balaban J connectivity index is 1.41. The number of nitrogens with zero attached hydrogens (tertiary/aromatic N) is 2. The Kier molecular flexibility index (Phi) is 5.61. The maximum absolute atomic E-state index is 14.5. The highest BCUT2D eigenvalue weighted by Gasteiger charge is 2.12. The van der Waals surface area contributed by atoms with Crippen LogP contribution in [0.25, 0.3) is 11.3 Å². The number of rotatable bonds is 7. The lowest BCUT2D eigenvalue weighted by Crippen LogP contribution is -1.99. The van der Waals surface area contributed by atoms with E-state index in [2.05, 4.69) is 10.1 Å². The minimum absolute atomic E-state index is 0.193. The Labute approximate surface area is 173 Å². The van der Waals surface area contributed by atoms with Crippen molar-refractivity contribution in [1.29, 1.82) is 0 Å². The molecule has 0 saturated carbocycles. The van der Waals surface area contributed by atoms with Crippen LogP contribution in [0.4, 0.5) is 10.2 Å². The summed E-state index contributed by atoms with van der Waals surface area (Å²) in [7, 11) is 1.61. The number of pyridine rings is 1. The van der Waals surface area contributed by atoms with Gasteiger partial charge in [0.1, 0.15) is 18.2 Å². The average Bonchev–Trinajstić information content (AvgIpc) is 3.22. The molecule has 0 fully saturated rings. The molecule has 0 saturated heterocycles. The van der Waals surface area contributed by atoms with Crippen LogP contribution in [0.3, 0.4) is 0 Å². The van der Waals surface area contributed by atoms with E-state index in [4.69, 9.17) is 19.7 Å². The second-order valence-electron chi connectivity index (χ2n) is 6.70. The van der Waals surface area contributed by atoms with Gasteiger partial charge in [-0.3, -0.25) is 0 Å². The Morgan fingerprint density at radius 1 is 1.03 bits per heavy atom. The molecule has 0 atom stereocenters. The van der Waals surface area contributed by atoms with Crippen LogP contribution in [0.1, 0.15) is 16.8 Å². The van der Waals surface area contributed by atoms with Gasteiger partial charge in [0.15, 0.2) is 17.3 Å². The molecule has 2 aromatic heterocycles. The summed E-state index contributed by atoms with van der Waals surface area (Å²) in [6.07, 6.45) is 2.02. The van der Waals surface area contributed by atoms with E-state index in [1.54, 1.807) is 43.6 Å². The van der Waals surface area contributed by atoms with E-state index in [1.165, 1.54) is 6.07 Å². The zero-order chi connectivity index (χ0) is 20.9. The highest BCUT2D eigenvalue weighted by molar-refractivity contribution is 5.69. The first kappa shape index (κ1) is 19.4. The van der Waals surface area contributed by atoms with Crippen molar-refractivity contribution in [1.82, 2.24) is 10.1 Å². The molecule has 0 unspecified atom stereocenters. The Morgan fingerprint density at radius 3 is 2.57 bits per heavy atom. The first-order valence-electron chi connectivity index (χ1n) is 9.33. The molecule has 4 rings (SSSR count). The first-order chi connectivity index (χ1) is 14.6. The summed E-state index contributed by atoms with van der Waals surface area (Å²) < 4.78 is 30.6. The molecule has 0 aliphatic carbocycles. The fourth-order valence-electron chi connectivity index (χ4n) is 3.01. The van der Waals surface area contributed by atoms with Gasteiger partial charge in [0.25, 0.3) is 0 Å². The summed E-state index contributed by atoms with van der Waals surface area (Å²) in [6, 6.07) is 17.6. The van der Waals surface area contributed by atoms with Gasteiger partial charge in [0.05, 0.1) is 18.4 Å². The summed E-state index contributed by atoms with van der Waals surface area (Å²) in [5, 5.41) is 4.05. The van der Waals surface area contributed by atoms with Crippen molar-refractivity contribution < 1.29 is 18.4 Å². The standard InChI is InChI=1S/C23H20FN3O3/c1-28-18-7-4-15(5-8-18)14-29-21-9-6-16(12-20(21)24)11-17-13-22(30-27-17)19-3-2-10-26-23(19)25/h2-10,12-13H,11,14H2,1H3,(H2,25,26). The molecule has 0 aliphatic heterocycles. The van der Waals surface area contributed by atoms with Gasteiger partial charge in [0.2, 0.25) is 0 Å². The van der Waals surface area contributed by atoms with Crippen molar-refractivity contribution in [3.8, 4) is 22.8 Å². The van der Waals surface area contributed by atoms with Crippen LogP contribution in [0.5, 0.6) is 11.5 Å². The predicted molar refractivity (Wildman–Crippen MR) is 111 cm³/mol. The van der Waals surface area contributed by atoms with Crippen LogP contribution in [-0.4, -0.2) is 17.3 Å². The van der Waals surface area contributed by atoms with Crippen molar-refractivity contribution in [3.05, 3.63) is 89.5 Å². The first-order valence-corrected chi connectivity index (χ1v) is 9.33. The Morgan fingerprint density at radius 2 is 1.83 bits per heavy atom. The zero-order valence-corrected chi connectivity index (χ0v) is 16.3. The number of benzene rings is 2. The van der Waals surface area contributed by atoms with Gasteiger partial charge >= 0.3 is 0 Å². The van der Waals surface area contributed by atoms with Crippen molar-refractivity contribution in [2.75, 3.05) is 12.8 Å². The van der Waals surface area contributed by atoms with E-state index in [0.717, 1.165) is 16.9 Å². The Bertz CT molecular complexity index is 1140. The number of methoxy groups -OCH3 is 1. The van der Waals surface area contributed by atoms with Crippen LogP contribution >= 0.6 is 0 Å². The number of ether oxygens (including phenoxy) is 2. The van der Waals surface area contributed by atoms with Crippen molar-refractivity contribution in [2.45, 2.75) is 13.0 Å². The molecular formula is C23H20FN3O3. The van der Waals surface area contributed by atoms with E-state index in [-0.39, 0.29) is 12.4 Å². The number of aromatic nitrogens is 2. The van der Waals surface area contributed by atoms with E-state index in [9.17, 15) is 4.39 Å². The summed E-state index contributed by atoms with van der Waals surface area (Å²) in [4.78, 5) is 4.04. The topological polar surface area (TPSA) is 83.4 Å². The number of hydrogen-bond acceptors (Lipinski definition) is 6. The fraction of sp³-hybridized carbons (Fsp3) is 0.130. The molecule has 6 nitrogen and oxygen atoms in total. The summed E-state index contributed by atoms with van der Waals surface area (Å²) >= 11 is 0.